The van der Waals surface area contributed by atoms with Crippen molar-refractivity contribution in [1.29, 1.82) is 0 Å². The Labute approximate surface area is 89.0 Å². The van der Waals surface area contributed by atoms with Gasteiger partial charge in [0.25, 0.3) is 0 Å². The molecule has 0 aromatic heterocycles. The van der Waals surface area contributed by atoms with E-state index in [4.69, 9.17) is 34.8 Å². The van der Waals surface area contributed by atoms with E-state index in [2.05, 4.69) is 11.8 Å². The Kier molecular flexibility index (Phi) is 3.97. The molecule has 0 N–H and O–H groups in total. The molecular formula is C8H14Cl3N. The summed E-state index contributed by atoms with van der Waals surface area (Å²) in [5.74, 6) is 0. The third kappa shape index (κ3) is 3.69. The van der Waals surface area contributed by atoms with E-state index in [0.29, 0.717) is 12.6 Å². The summed E-state index contributed by atoms with van der Waals surface area (Å²) in [6, 6.07) is 0.564. The molecule has 1 rings (SSSR count). The summed E-state index contributed by atoms with van der Waals surface area (Å²) in [6.07, 6.45) is 3.75. The van der Waals surface area contributed by atoms with Crippen LogP contribution in [0.5, 0.6) is 0 Å². The first-order valence-electron chi connectivity index (χ1n) is 4.30. The molecule has 1 atom stereocenters. The van der Waals surface area contributed by atoms with E-state index in [1.54, 1.807) is 0 Å². The van der Waals surface area contributed by atoms with Crippen LogP contribution >= 0.6 is 34.8 Å². The zero-order chi connectivity index (χ0) is 9.19. The highest BCUT2D eigenvalue weighted by Crippen LogP contribution is 2.29. The van der Waals surface area contributed by atoms with Crippen molar-refractivity contribution in [1.82, 2.24) is 4.90 Å². The van der Waals surface area contributed by atoms with Crippen LogP contribution in [0.1, 0.15) is 26.2 Å². The Bertz CT molecular complexity index is 144. The number of piperidine rings is 1. The maximum atomic E-state index is 5.72. The number of alkyl halides is 3. The average molecular weight is 231 g/mol. The van der Waals surface area contributed by atoms with Crippen LogP contribution in [0.15, 0.2) is 0 Å². The highest BCUT2D eigenvalue weighted by atomic mass is 35.6. The van der Waals surface area contributed by atoms with E-state index in [1.165, 1.54) is 19.3 Å². The average Bonchev–Trinajstić information content (AvgIpc) is 1.91. The number of hydrogen-bond acceptors (Lipinski definition) is 1. The van der Waals surface area contributed by atoms with Gasteiger partial charge in [0.15, 0.2) is 0 Å². The van der Waals surface area contributed by atoms with Gasteiger partial charge in [-0.15, -0.1) is 0 Å². The summed E-state index contributed by atoms with van der Waals surface area (Å²) in [5.41, 5.74) is 0. The third-order valence-corrected chi connectivity index (χ3v) is 2.68. The molecule has 1 nitrogen and oxygen atoms in total. The smallest absolute Gasteiger partial charge is 0.203 e. The molecule has 12 heavy (non-hydrogen) atoms. The molecule has 0 amide bonds. The number of likely N-dealkylation sites (tertiary alicyclic amines) is 1. The first-order chi connectivity index (χ1) is 5.49. The second-order valence-corrected chi connectivity index (χ2v) is 5.95. The molecule has 1 unspecified atom stereocenters. The second kappa shape index (κ2) is 4.36. The van der Waals surface area contributed by atoms with Gasteiger partial charge in [-0.3, -0.25) is 4.90 Å². The van der Waals surface area contributed by atoms with Crippen LogP contribution in [-0.4, -0.2) is 27.8 Å². The van der Waals surface area contributed by atoms with Crippen molar-refractivity contribution in [3.63, 3.8) is 0 Å². The molecule has 0 saturated carbocycles. The predicted octanol–water partition coefficient (Wildman–Crippen LogP) is 3.23. The number of nitrogens with zero attached hydrogens (tertiary/aromatic N) is 1. The van der Waals surface area contributed by atoms with Gasteiger partial charge in [-0.2, -0.15) is 0 Å². The summed E-state index contributed by atoms with van der Waals surface area (Å²) >= 11 is 17.2. The van der Waals surface area contributed by atoms with Gasteiger partial charge in [-0.1, -0.05) is 41.2 Å². The molecule has 0 spiro atoms. The van der Waals surface area contributed by atoms with Gasteiger partial charge in [0.05, 0.1) is 0 Å². The van der Waals surface area contributed by atoms with Gasteiger partial charge in [-0.25, -0.2) is 0 Å². The lowest BCUT2D eigenvalue weighted by atomic mass is 10.0. The van der Waals surface area contributed by atoms with Gasteiger partial charge in [0.1, 0.15) is 0 Å². The van der Waals surface area contributed by atoms with Crippen LogP contribution in [0.3, 0.4) is 0 Å². The molecule has 1 fully saturated rings. The zero-order valence-corrected chi connectivity index (χ0v) is 9.46. The van der Waals surface area contributed by atoms with Crippen molar-refractivity contribution < 1.29 is 0 Å². The maximum Gasteiger partial charge on any atom is 0.203 e. The Balaban J connectivity index is 2.39. The fraction of sp³-hybridized carbons (Fsp3) is 1.00. The molecule has 0 aromatic rings. The van der Waals surface area contributed by atoms with Crippen molar-refractivity contribution in [2.24, 2.45) is 0 Å². The lowest BCUT2D eigenvalue weighted by Gasteiger charge is -2.35. The van der Waals surface area contributed by atoms with Gasteiger partial charge >= 0.3 is 0 Å². The van der Waals surface area contributed by atoms with E-state index in [1.807, 2.05) is 0 Å². The van der Waals surface area contributed by atoms with Crippen LogP contribution < -0.4 is 0 Å². The molecule has 1 saturated heterocycles. The van der Waals surface area contributed by atoms with Crippen LogP contribution in [0.25, 0.3) is 0 Å². The molecule has 1 aliphatic heterocycles. The van der Waals surface area contributed by atoms with Crippen molar-refractivity contribution >= 4 is 34.8 Å². The third-order valence-electron chi connectivity index (χ3n) is 2.32. The van der Waals surface area contributed by atoms with Gasteiger partial charge in [0.2, 0.25) is 3.79 Å². The Morgan fingerprint density at radius 2 is 2.00 bits per heavy atom. The number of hydrogen-bond donors (Lipinski definition) is 0. The number of halogens is 3. The molecule has 0 bridgehead atoms. The number of rotatable bonds is 1. The van der Waals surface area contributed by atoms with Crippen molar-refractivity contribution in [2.75, 3.05) is 13.1 Å². The van der Waals surface area contributed by atoms with E-state index in [-0.39, 0.29) is 0 Å². The van der Waals surface area contributed by atoms with Crippen molar-refractivity contribution in [2.45, 2.75) is 36.0 Å². The second-order valence-electron chi connectivity index (χ2n) is 3.43. The van der Waals surface area contributed by atoms with Crippen LogP contribution in [0, 0.1) is 0 Å². The quantitative estimate of drug-likeness (QED) is 0.625. The van der Waals surface area contributed by atoms with Crippen LogP contribution in [0.2, 0.25) is 0 Å². The predicted molar refractivity (Wildman–Crippen MR) is 55.2 cm³/mol. The molecule has 1 heterocycles. The largest absolute Gasteiger partial charge is 0.296 e. The molecule has 0 aromatic carbocycles. The summed E-state index contributed by atoms with van der Waals surface area (Å²) < 4.78 is -1.12. The van der Waals surface area contributed by atoms with Gasteiger partial charge in [-0.05, 0) is 26.3 Å². The monoisotopic (exact) mass is 229 g/mol. The highest BCUT2D eigenvalue weighted by Gasteiger charge is 2.27. The topological polar surface area (TPSA) is 3.24 Å². The molecule has 72 valence electrons. The highest BCUT2D eigenvalue weighted by molar-refractivity contribution is 6.67. The normalized spacial score (nSPS) is 27.5. The zero-order valence-electron chi connectivity index (χ0n) is 7.19. The Morgan fingerprint density at radius 1 is 1.33 bits per heavy atom. The fourth-order valence-corrected chi connectivity index (χ4v) is 2.08. The minimum absolute atomic E-state index is 0.554. The summed E-state index contributed by atoms with van der Waals surface area (Å²) in [7, 11) is 0. The van der Waals surface area contributed by atoms with Crippen LogP contribution in [-0.2, 0) is 0 Å². The Morgan fingerprint density at radius 3 is 2.50 bits per heavy atom. The molecular weight excluding hydrogens is 216 g/mol. The fourth-order valence-electron chi connectivity index (χ4n) is 1.62. The maximum absolute atomic E-state index is 5.72. The minimum atomic E-state index is -1.12. The van der Waals surface area contributed by atoms with E-state index < -0.39 is 3.79 Å². The van der Waals surface area contributed by atoms with E-state index in [9.17, 15) is 0 Å². The lowest BCUT2D eigenvalue weighted by Crippen LogP contribution is -2.42. The summed E-state index contributed by atoms with van der Waals surface area (Å²) in [6.45, 7) is 3.81. The molecule has 1 aliphatic rings. The first-order valence-corrected chi connectivity index (χ1v) is 5.43. The van der Waals surface area contributed by atoms with E-state index >= 15 is 0 Å². The van der Waals surface area contributed by atoms with Crippen LogP contribution in [0.4, 0.5) is 0 Å². The molecule has 4 heteroatoms. The molecule has 0 radical (unpaired) electrons. The minimum Gasteiger partial charge on any atom is -0.296 e. The summed E-state index contributed by atoms with van der Waals surface area (Å²) in [4.78, 5) is 2.25. The van der Waals surface area contributed by atoms with Crippen molar-refractivity contribution in [3.8, 4) is 0 Å². The van der Waals surface area contributed by atoms with Gasteiger partial charge < -0.3 is 0 Å². The van der Waals surface area contributed by atoms with Crippen molar-refractivity contribution in [3.05, 3.63) is 0 Å². The summed E-state index contributed by atoms with van der Waals surface area (Å²) in [5, 5.41) is 0. The Hall–Kier alpha value is 0.830. The first kappa shape index (κ1) is 10.9. The lowest BCUT2D eigenvalue weighted by molar-refractivity contribution is 0.164. The van der Waals surface area contributed by atoms with Gasteiger partial charge in [0, 0.05) is 12.6 Å². The standard InChI is InChI=1S/C8H14Cl3N/c1-7-4-2-3-5-12(7)6-8(9,10)11/h7H,2-6H2,1H3. The molecule has 0 aliphatic carbocycles. The van der Waals surface area contributed by atoms with E-state index in [0.717, 1.165) is 6.54 Å². The SMILES string of the molecule is CC1CCCCN1CC(Cl)(Cl)Cl.